The van der Waals surface area contributed by atoms with Crippen LogP contribution in [0.5, 0.6) is 0 Å². The molecule has 0 unspecified atom stereocenters. The Hall–Kier alpha value is -0.980. The topological polar surface area (TPSA) is 37.3 Å². The lowest BCUT2D eigenvalue weighted by atomic mass is 10.3. The fraction of sp³-hybridized carbons (Fsp3) is 0.222. The van der Waals surface area contributed by atoms with Crippen molar-refractivity contribution in [2.45, 2.75) is 6.42 Å². The van der Waals surface area contributed by atoms with Crippen LogP contribution in [0.4, 0.5) is 0 Å². The zero-order valence-electron chi connectivity index (χ0n) is 6.71. The third-order valence-electron chi connectivity index (χ3n) is 1.28. The van der Waals surface area contributed by atoms with Gasteiger partial charge in [0.2, 0.25) is 0 Å². The van der Waals surface area contributed by atoms with Crippen LogP contribution in [-0.4, -0.2) is 17.0 Å². The minimum Gasteiger partial charge on any atom is -0.481 e. The molecule has 0 aliphatic heterocycles. The number of carbonyl (C=O) groups is 1. The number of rotatable bonds is 2. The second-order valence-corrected chi connectivity index (χ2v) is 3.57. The number of hydrogen-bond donors (Lipinski definition) is 1. The molecule has 0 amide bonds. The summed E-state index contributed by atoms with van der Waals surface area (Å²) in [4.78, 5) is 11.2. The second-order valence-electron chi connectivity index (χ2n) is 2.31. The first-order valence-electron chi connectivity index (χ1n) is 3.56. The second kappa shape index (κ2) is 4.90. The van der Waals surface area contributed by atoms with Gasteiger partial charge in [-0.25, -0.2) is 0 Å². The van der Waals surface area contributed by atoms with Crippen molar-refractivity contribution in [3.63, 3.8) is 0 Å². The average Bonchev–Trinajstić information content (AvgIpc) is 2.48. The van der Waals surface area contributed by atoms with Crippen LogP contribution in [-0.2, 0) is 11.2 Å². The van der Waals surface area contributed by atoms with E-state index in [-0.39, 0.29) is 6.42 Å². The molecule has 0 spiro atoms. The SMILES string of the molecule is O=C(O)Cc1cc(C#CCCl)cs1. The maximum absolute atomic E-state index is 10.3. The van der Waals surface area contributed by atoms with Gasteiger partial charge in [-0.2, -0.15) is 0 Å². The van der Waals surface area contributed by atoms with E-state index in [9.17, 15) is 4.79 Å². The Bertz CT molecular complexity index is 359. The Morgan fingerprint density at radius 1 is 1.69 bits per heavy atom. The number of hydrogen-bond acceptors (Lipinski definition) is 2. The Balaban J connectivity index is 2.69. The summed E-state index contributed by atoms with van der Waals surface area (Å²) >= 11 is 6.78. The van der Waals surface area contributed by atoms with Gasteiger partial charge in [-0.1, -0.05) is 11.8 Å². The van der Waals surface area contributed by atoms with E-state index in [4.69, 9.17) is 16.7 Å². The first-order chi connectivity index (χ1) is 6.22. The van der Waals surface area contributed by atoms with Gasteiger partial charge >= 0.3 is 5.97 Å². The number of aliphatic carboxylic acids is 1. The highest BCUT2D eigenvalue weighted by Gasteiger charge is 2.02. The molecular weight excluding hydrogens is 208 g/mol. The van der Waals surface area contributed by atoms with Crippen molar-refractivity contribution in [2.24, 2.45) is 0 Å². The number of thiophene rings is 1. The van der Waals surface area contributed by atoms with Crippen LogP contribution >= 0.6 is 22.9 Å². The minimum absolute atomic E-state index is 0.0627. The summed E-state index contributed by atoms with van der Waals surface area (Å²) in [6, 6.07) is 1.78. The lowest BCUT2D eigenvalue weighted by Crippen LogP contribution is -1.97. The molecule has 0 saturated heterocycles. The highest BCUT2D eigenvalue weighted by atomic mass is 35.5. The maximum Gasteiger partial charge on any atom is 0.308 e. The molecule has 0 atom stereocenters. The van der Waals surface area contributed by atoms with Crippen molar-refractivity contribution in [2.75, 3.05) is 5.88 Å². The number of alkyl halides is 1. The van der Waals surface area contributed by atoms with E-state index in [0.717, 1.165) is 10.4 Å². The number of carboxylic acid groups (broad SMARTS) is 1. The van der Waals surface area contributed by atoms with Crippen LogP contribution in [0.15, 0.2) is 11.4 Å². The molecule has 1 N–H and O–H groups in total. The largest absolute Gasteiger partial charge is 0.481 e. The number of carboxylic acids is 1. The van der Waals surface area contributed by atoms with Crippen LogP contribution in [0.25, 0.3) is 0 Å². The predicted octanol–water partition coefficient (Wildman–Crippen LogP) is 1.97. The van der Waals surface area contributed by atoms with E-state index in [1.165, 1.54) is 11.3 Å². The summed E-state index contributed by atoms with van der Waals surface area (Å²) in [6.45, 7) is 0. The first-order valence-corrected chi connectivity index (χ1v) is 4.98. The molecule has 1 rings (SSSR count). The van der Waals surface area contributed by atoms with E-state index < -0.39 is 5.97 Å². The molecule has 1 heterocycles. The summed E-state index contributed by atoms with van der Waals surface area (Å²) in [5.41, 5.74) is 0.835. The molecule has 1 aromatic rings. The minimum atomic E-state index is -0.821. The smallest absolute Gasteiger partial charge is 0.308 e. The van der Waals surface area contributed by atoms with Gasteiger partial charge in [0.05, 0.1) is 12.3 Å². The van der Waals surface area contributed by atoms with Gasteiger partial charge in [0.1, 0.15) is 0 Å². The third kappa shape index (κ3) is 3.49. The van der Waals surface area contributed by atoms with Crippen molar-refractivity contribution in [1.29, 1.82) is 0 Å². The lowest BCUT2D eigenvalue weighted by Gasteiger charge is -1.85. The molecule has 0 bridgehead atoms. The fourth-order valence-corrected chi connectivity index (χ4v) is 1.70. The van der Waals surface area contributed by atoms with E-state index in [1.54, 1.807) is 6.07 Å². The average molecular weight is 215 g/mol. The predicted molar refractivity (Wildman–Crippen MR) is 53.3 cm³/mol. The Morgan fingerprint density at radius 2 is 2.46 bits per heavy atom. The molecule has 0 aliphatic carbocycles. The van der Waals surface area contributed by atoms with Gasteiger partial charge in [0.25, 0.3) is 0 Å². The molecule has 0 saturated carbocycles. The maximum atomic E-state index is 10.3. The van der Waals surface area contributed by atoms with Crippen molar-refractivity contribution in [3.8, 4) is 11.8 Å². The van der Waals surface area contributed by atoms with E-state index >= 15 is 0 Å². The molecule has 13 heavy (non-hydrogen) atoms. The first kappa shape index (κ1) is 10.1. The molecule has 68 valence electrons. The molecule has 2 nitrogen and oxygen atoms in total. The van der Waals surface area contributed by atoms with Gasteiger partial charge in [0, 0.05) is 15.8 Å². The van der Waals surface area contributed by atoms with Gasteiger partial charge in [-0.3, -0.25) is 4.79 Å². The lowest BCUT2D eigenvalue weighted by molar-refractivity contribution is -0.136. The Kier molecular flexibility index (Phi) is 3.81. The highest BCUT2D eigenvalue weighted by molar-refractivity contribution is 7.10. The van der Waals surface area contributed by atoms with Crippen molar-refractivity contribution >= 4 is 28.9 Å². The zero-order valence-corrected chi connectivity index (χ0v) is 8.28. The van der Waals surface area contributed by atoms with E-state index in [2.05, 4.69) is 11.8 Å². The summed E-state index contributed by atoms with van der Waals surface area (Å²) < 4.78 is 0. The van der Waals surface area contributed by atoms with Crippen LogP contribution in [0.2, 0.25) is 0 Å². The summed E-state index contributed by atoms with van der Waals surface area (Å²) in [5.74, 6) is 5.00. The van der Waals surface area contributed by atoms with Crippen molar-refractivity contribution in [3.05, 3.63) is 21.9 Å². The van der Waals surface area contributed by atoms with Crippen LogP contribution in [0, 0.1) is 11.8 Å². The van der Waals surface area contributed by atoms with Crippen LogP contribution in [0.3, 0.4) is 0 Å². The summed E-state index contributed by atoms with van der Waals surface area (Å²) in [5, 5.41) is 10.3. The summed E-state index contributed by atoms with van der Waals surface area (Å²) in [7, 11) is 0. The van der Waals surface area contributed by atoms with Gasteiger partial charge in [-0.05, 0) is 6.07 Å². The Labute approximate surface area is 85.2 Å². The molecular formula is C9H7ClO2S. The number of halogens is 1. The van der Waals surface area contributed by atoms with Crippen LogP contribution in [0.1, 0.15) is 10.4 Å². The molecule has 0 radical (unpaired) electrons. The zero-order chi connectivity index (χ0) is 9.68. The fourth-order valence-electron chi connectivity index (χ4n) is 0.823. The quantitative estimate of drug-likeness (QED) is 0.604. The van der Waals surface area contributed by atoms with Crippen LogP contribution < -0.4 is 0 Å². The van der Waals surface area contributed by atoms with Gasteiger partial charge in [0.15, 0.2) is 0 Å². The molecule has 1 aromatic heterocycles. The monoisotopic (exact) mass is 214 g/mol. The molecule has 0 aliphatic rings. The normalized spacial score (nSPS) is 9.00. The van der Waals surface area contributed by atoms with Gasteiger partial charge < -0.3 is 5.11 Å². The molecule has 0 aromatic carbocycles. The van der Waals surface area contributed by atoms with E-state index in [0.29, 0.717) is 5.88 Å². The van der Waals surface area contributed by atoms with Crippen molar-refractivity contribution < 1.29 is 9.90 Å². The summed E-state index contributed by atoms with van der Waals surface area (Å²) in [6.07, 6.45) is 0.0627. The van der Waals surface area contributed by atoms with E-state index in [1.807, 2.05) is 5.38 Å². The third-order valence-corrected chi connectivity index (χ3v) is 2.35. The van der Waals surface area contributed by atoms with Crippen molar-refractivity contribution in [1.82, 2.24) is 0 Å². The molecule has 0 fully saturated rings. The molecule has 4 heteroatoms. The Morgan fingerprint density at radius 3 is 3.08 bits per heavy atom. The standard InChI is InChI=1S/C9H7ClO2S/c10-3-1-2-7-4-8(13-6-7)5-9(11)12/h4,6H,3,5H2,(H,11,12). The highest BCUT2D eigenvalue weighted by Crippen LogP contribution is 2.14. The van der Waals surface area contributed by atoms with Gasteiger partial charge in [-0.15, -0.1) is 22.9 Å².